The predicted octanol–water partition coefficient (Wildman–Crippen LogP) is 4.28. The Hall–Kier alpha value is -1.000. The second kappa shape index (κ2) is 4.11. The Morgan fingerprint density at radius 2 is 2.31 bits per heavy atom. The van der Waals surface area contributed by atoms with Gasteiger partial charge in [-0.05, 0) is 24.6 Å². The van der Waals surface area contributed by atoms with Gasteiger partial charge < -0.3 is 4.98 Å². The van der Waals surface area contributed by atoms with Crippen LogP contribution in [0, 0.1) is 0 Å². The van der Waals surface area contributed by atoms with Gasteiger partial charge in [0, 0.05) is 22.9 Å². The highest BCUT2D eigenvalue weighted by atomic mass is 32.2. The molecule has 4 heteroatoms. The molecule has 1 aromatic carbocycles. The third-order valence-corrected chi connectivity index (χ3v) is 4.95. The quantitative estimate of drug-likeness (QED) is 0.701. The first kappa shape index (κ1) is 10.2. The first-order chi connectivity index (χ1) is 7.88. The Kier molecular flexibility index (Phi) is 2.61. The number of rotatable bonds is 3. The van der Waals surface area contributed by atoms with Crippen molar-refractivity contribution in [2.24, 2.45) is 0 Å². The Morgan fingerprint density at radius 1 is 1.38 bits per heavy atom. The van der Waals surface area contributed by atoms with Crippen LogP contribution in [0.15, 0.2) is 28.7 Å². The van der Waals surface area contributed by atoms with Gasteiger partial charge in [-0.2, -0.15) is 0 Å². The number of aromatic amines is 1. The summed E-state index contributed by atoms with van der Waals surface area (Å²) in [6.45, 7) is 2.20. The minimum Gasteiger partial charge on any atom is -0.361 e. The molecule has 16 heavy (non-hydrogen) atoms. The van der Waals surface area contributed by atoms with Crippen LogP contribution in [-0.2, 0) is 0 Å². The molecule has 0 amide bonds. The monoisotopic (exact) mass is 248 g/mol. The van der Waals surface area contributed by atoms with Gasteiger partial charge in [0.25, 0.3) is 0 Å². The summed E-state index contributed by atoms with van der Waals surface area (Å²) in [5.41, 5.74) is 2.32. The SMILES string of the molecule is CCCSc1nc2ccc3[nH]ccc3c2s1. The summed E-state index contributed by atoms with van der Waals surface area (Å²) in [7, 11) is 0. The van der Waals surface area contributed by atoms with Crippen LogP contribution in [0.2, 0.25) is 0 Å². The molecule has 0 aliphatic carbocycles. The van der Waals surface area contributed by atoms with Crippen molar-refractivity contribution in [3.63, 3.8) is 0 Å². The van der Waals surface area contributed by atoms with Crippen LogP contribution in [0.1, 0.15) is 13.3 Å². The van der Waals surface area contributed by atoms with E-state index in [4.69, 9.17) is 0 Å². The zero-order valence-corrected chi connectivity index (χ0v) is 10.6. The van der Waals surface area contributed by atoms with Crippen molar-refractivity contribution in [1.82, 2.24) is 9.97 Å². The van der Waals surface area contributed by atoms with Gasteiger partial charge in [0.1, 0.15) is 0 Å². The average Bonchev–Trinajstić information content (AvgIpc) is 2.90. The van der Waals surface area contributed by atoms with Crippen molar-refractivity contribution in [2.45, 2.75) is 17.7 Å². The van der Waals surface area contributed by atoms with Crippen molar-refractivity contribution in [3.05, 3.63) is 24.4 Å². The summed E-state index contributed by atoms with van der Waals surface area (Å²) in [6.07, 6.45) is 3.18. The molecule has 0 unspecified atom stereocenters. The molecule has 0 fully saturated rings. The maximum atomic E-state index is 4.65. The van der Waals surface area contributed by atoms with Gasteiger partial charge in [0.2, 0.25) is 0 Å². The molecule has 3 rings (SSSR count). The topological polar surface area (TPSA) is 28.7 Å². The number of H-pyrrole nitrogens is 1. The summed E-state index contributed by atoms with van der Waals surface area (Å²) >= 11 is 3.66. The highest BCUT2D eigenvalue weighted by Crippen LogP contribution is 2.34. The van der Waals surface area contributed by atoms with E-state index < -0.39 is 0 Å². The summed E-state index contributed by atoms with van der Waals surface area (Å²) in [6, 6.07) is 6.33. The summed E-state index contributed by atoms with van der Waals surface area (Å²) in [5, 5.41) is 1.29. The molecule has 0 spiro atoms. The number of nitrogens with zero attached hydrogens (tertiary/aromatic N) is 1. The Labute approximate surface area is 102 Å². The molecule has 0 aliphatic rings. The fourth-order valence-corrected chi connectivity index (χ4v) is 3.85. The molecular formula is C12H12N2S2. The van der Waals surface area contributed by atoms with Gasteiger partial charge in [-0.3, -0.25) is 0 Å². The lowest BCUT2D eigenvalue weighted by molar-refractivity contribution is 1.10. The van der Waals surface area contributed by atoms with Crippen molar-refractivity contribution < 1.29 is 0 Å². The first-order valence-electron chi connectivity index (χ1n) is 5.38. The van der Waals surface area contributed by atoms with Crippen molar-refractivity contribution in [1.29, 1.82) is 0 Å². The molecule has 0 bridgehead atoms. The second-order valence-electron chi connectivity index (χ2n) is 3.68. The van der Waals surface area contributed by atoms with Crippen LogP contribution in [0.5, 0.6) is 0 Å². The maximum absolute atomic E-state index is 4.65. The number of nitrogens with one attached hydrogen (secondary N) is 1. The van der Waals surface area contributed by atoms with E-state index in [0.29, 0.717) is 0 Å². The molecule has 0 radical (unpaired) electrons. The molecule has 0 atom stereocenters. The number of benzene rings is 1. The number of aromatic nitrogens is 2. The van der Waals surface area contributed by atoms with Gasteiger partial charge >= 0.3 is 0 Å². The van der Waals surface area contributed by atoms with E-state index in [1.165, 1.54) is 26.4 Å². The fourth-order valence-electron chi connectivity index (χ4n) is 1.75. The van der Waals surface area contributed by atoms with E-state index in [-0.39, 0.29) is 0 Å². The lowest BCUT2D eigenvalue weighted by atomic mass is 10.2. The molecular weight excluding hydrogens is 236 g/mol. The van der Waals surface area contributed by atoms with E-state index in [2.05, 4.69) is 35.1 Å². The van der Waals surface area contributed by atoms with Crippen LogP contribution in [0.3, 0.4) is 0 Å². The Bertz CT molecular complexity index is 624. The van der Waals surface area contributed by atoms with Crippen LogP contribution in [0.4, 0.5) is 0 Å². The molecule has 0 saturated carbocycles. The third-order valence-electron chi connectivity index (χ3n) is 2.49. The minimum absolute atomic E-state index is 1.12. The third kappa shape index (κ3) is 1.62. The highest BCUT2D eigenvalue weighted by Gasteiger charge is 2.07. The smallest absolute Gasteiger partial charge is 0.151 e. The average molecular weight is 248 g/mol. The molecule has 2 nitrogen and oxygen atoms in total. The van der Waals surface area contributed by atoms with Gasteiger partial charge in [0.15, 0.2) is 4.34 Å². The van der Waals surface area contributed by atoms with Crippen LogP contribution in [-0.4, -0.2) is 15.7 Å². The van der Waals surface area contributed by atoms with E-state index in [1.807, 2.05) is 18.0 Å². The molecule has 82 valence electrons. The van der Waals surface area contributed by atoms with Gasteiger partial charge in [-0.15, -0.1) is 11.3 Å². The normalized spacial score (nSPS) is 11.6. The van der Waals surface area contributed by atoms with Crippen LogP contribution >= 0.6 is 23.1 Å². The largest absolute Gasteiger partial charge is 0.361 e. The number of thiazole rings is 1. The molecule has 3 aromatic rings. The lowest BCUT2D eigenvalue weighted by Gasteiger charge is -1.89. The minimum atomic E-state index is 1.12. The van der Waals surface area contributed by atoms with Gasteiger partial charge in [0.05, 0.1) is 10.2 Å². The number of hydrogen-bond donors (Lipinski definition) is 1. The number of thioether (sulfide) groups is 1. The molecule has 1 N–H and O–H groups in total. The number of hydrogen-bond acceptors (Lipinski definition) is 3. The molecule has 0 saturated heterocycles. The number of fused-ring (bicyclic) bond motifs is 3. The summed E-state index contributed by atoms with van der Waals surface area (Å²) < 4.78 is 2.49. The second-order valence-corrected chi connectivity index (χ2v) is 6.02. The highest BCUT2D eigenvalue weighted by molar-refractivity contribution is 8.01. The zero-order valence-electron chi connectivity index (χ0n) is 8.99. The fraction of sp³-hybridized carbons (Fsp3) is 0.250. The van der Waals surface area contributed by atoms with Gasteiger partial charge in [-0.1, -0.05) is 18.7 Å². The van der Waals surface area contributed by atoms with Gasteiger partial charge in [-0.25, -0.2) is 4.98 Å². The lowest BCUT2D eigenvalue weighted by Crippen LogP contribution is -1.73. The summed E-state index contributed by atoms with van der Waals surface area (Å²) in [4.78, 5) is 7.88. The zero-order chi connectivity index (χ0) is 11.0. The van der Waals surface area contributed by atoms with Crippen molar-refractivity contribution >= 4 is 44.2 Å². The van der Waals surface area contributed by atoms with E-state index in [0.717, 1.165) is 11.3 Å². The van der Waals surface area contributed by atoms with Crippen LogP contribution in [0.25, 0.3) is 21.1 Å². The molecule has 0 aliphatic heterocycles. The van der Waals surface area contributed by atoms with E-state index in [1.54, 1.807) is 11.3 Å². The Balaban J connectivity index is 2.15. The predicted molar refractivity (Wildman–Crippen MR) is 72.5 cm³/mol. The van der Waals surface area contributed by atoms with E-state index >= 15 is 0 Å². The first-order valence-corrected chi connectivity index (χ1v) is 7.18. The molecule has 2 aromatic heterocycles. The summed E-state index contributed by atoms with van der Waals surface area (Å²) in [5.74, 6) is 1.15. The standard InChI is InChI=1S/C12H12N2S2/c1-2-7-15-12-14-10-4-3-9-8(5-6-13-9)11(10)16-12/h3-6,13H,2,7H2,1H3. The maximum Gasteiger partial charge on any atom is 0.151 e. The van der Waals surface area contributed by atoms with Crippen molar-refractivity contribution in [3.8, 4) is 0 Å². The van der Waals surface area contributed by atoms with E-state index in [9.17, 15) is 0 Å². The van der Waals surface area contributed by atoms with Crippen LogP contribution < -0.4 is 0 Å². The Morgan fingerprint density at radius 3 is 3.19 bits per heavy atom. The van der Waals surface area contributed by atoms with Crippen molar-refractivity contribution in [2.75, 3.05) is 5.75 Å². The molecule has 2 heterocycles.